The summed E-state index contributed by atoms with van der Waals surface area (Å²) in [6.45, 7) is 0. The molecule has 0 aliphatic carbocycles. The first kappa shape index (κ1) is 21.4. The minimum atomic E-state index is -0.847. The van der Waals surface area contributed by atoms with Gasteiger partial charge in [-0.15, -0.1) is 0 Å². The number of rotatable bonds is 3. The standard InChI is InChI=1S/C22H11BrClF2N3O4/c23-8-3-12-17(19(28-20(12)30)11-5-9(25)1-2-14(11)24)15(4-8)27-21(31)13-6-10(26)7-16-18(13)29-22(32)33-16/h1-7,19H,(H,27,31)(H,28,30)(H,29,32). The SMILES string of the molecule is O=C1NC(c2cc(F)ccc2Cl)c2c(NC(=O)c3cc(F)cc4oc(=O)[nH]c34)cc(Br)cc21. The summed E-state index contributed by atoms with van der Waals surface area (Å²) >= 11 is 9.57. The van der Waals surface area contributed by atoms with Crippen molar-refractivity contribution in [3.63, 3.8) is 0 Å². The number of anilines is 1. The van der Waals surface area contributed by atoms with Crippen molar-refractivity contribution in [2.75, 3.05) is 5.32 Å². The summed E-state index contributed by atoms with van der Waals surface area (Å²) in [5, 5.41) is 5.62. The maximum Gasteiger partial charge on any atom is 0.417 e. The molecule has 0 radical (unpaired) electrons. The molecule has 3 aromatic carbocycles. The normalized spacial score (nSPS) is 14.9. The molecule has 33 heavy (non-hydrogen) atoms. The molecular formula is C22H11BrClF2N3O4. The molecule has 0 fully saturated rings. The van der Waals surface area contributed by atoms with E-state index in [2.05, 4.69) is 31.5 Å². The van der Waals surface area contributed by atoms with Crippen molar-refractivity contribution in [3.8, 4) is 0 Å². The molecule has 1 unspecified atom stereocenters. The summed E-state index contributed by atoms with van der Waals surface area (Å²) < 4.78 is 33.3. The van der Waals surface area contributed by atoms with Crippen LogP contribution in [0, 0.1) is 11.6 Å². The number of aromatic nitrogens is 1. The molecule has 1 aliphatic rings. The van der Waals surface area contributed by atoms with Crippen molar-refractivity contribution in [1.29, 1.82) is 0 Å². The number of amides is 2. The Morgan fingerprint density at radius 1 is 1.09 bits per heavy atom. The van der Waals surface area contributed by atoms with E-state index in [4.69, 9.17) is 16.0 Å². The lowest BCUT2D eigenvalue weighted by molar-refractivity contribution is 0.0959. The third-order valence-corrected chi connectivity index (χ3v) is 6.01. The highest BCUT2D eigenvalue weighted by atomic mass is 79.9. The van der Waals surface area contributed by atoms with Crippen LogP contribution in [0.3, 0.4) is 0 Å². The molecule has 1 aliphatic heterocycles. The smallest absolute Gasteiger partial charge is 0.408 e. The van der Waals surface area contributed by atoms with Gasteiger partial charge in [0.1, 0.15) is 17.2 Å². The van der Waals surface area contributed by atoms with Crippen LogP contribution in [-0.2, 0) is 0 Å². The van der Waals surface area contributed by atoms with E-state index in [1.807, 2.05) is 0 Å². The van der Waals surface area contributed by atoms with Gasteiger partial charge in [-0.2, -0.15) is 0 Å². The fourth-order valence-electron chi connectivity index (χ4n) is 3.86. The van der Waals surface area contributed by atoms with E-state index in [1.165, 1.54) is 18.2 Å². The first-order valence-electron chi connectivity index (χ1n) is 9.44. The van der Waals surface area contributed by atoms with Crippen LogP contribution in [0.1, 0.15) is 37.9 Å². The van der Waals surface area contributed by atoms with E-state index >= 15 is 0 Å². The van der Waals surface area contributed by atoms with Crippen molar-refractivity contribution >= 4 is 56.1 Å². The van der Waals surface area contributed by atoms with Crippen molar-refractivity contribution in [1.82, 2.24) is 10.3 Å². The molecule has 0 saturated heterocycles. The number of H-pyrrole nitrogens is 1. The lowest BCUT2D eigenvalue weighted by atomic mass is 9.96. The van der Waals surface area contributed by atoms with Gasteiger partial charge in [0.2, 0.25) is 0 Å². The lowest BCUT2D eigenvalue weighted by Gasteiger charge is -2.18. The van der Waals surface area contributed by atoms with E-state index in [9.17, 15) is 23.2 Å². The third kappa shape index (κ3) is 3.70. The molecule has 166 valence electrons. The third-order valence-electron chi connectivity index (χ3n) is 5.21. The first-order chi connectivity index (χ1) is 15.7. The van der Waals surface area contributed by atoms with Crippen LogP contribution in [0.4, 0.5) is 14.5 Å². The monoisotopic (exact) mass is 533 g/mol. The van der Waals surface area contributed by atoms with Gasteiger partial charge < -0.3 is 15.1 Å². The number of carbonyl (C=O) groups excluding carboxylic acids is 2. The zero-order chi connectivity index (χ0) is 23.4. The van der Waals surface area contributed by atoms with Gasteiger partial charge in [0.15, 0.2) is 5.58 Å². The number of halogens is 4. The summed E-state index contributed by atoms with van der Waals surface area (Å²) in [6.07, 6.45) is 0. The number of hydrogen-bond donors (Lipinski definition) is 3. The molecule has 5 rings (SSSR count). The van der Waals surface area contributed by atoms with E-state index in [-0.39, 0.29) is 32.9 Å². The van der Waals surface area contributed by atoms with Crippen LogP contribution >= 0.6 is 27.5 Å². The highest BCUT2D eigenvalue weighted by Gasteiger charge is 2.35. The van der Waals surface area contributed by atoms with Gasteiger partial charge in [-0.3, -0.25) is 14.6 Å². The molecule has 1 aromatic heterocycles. The molecule has 7 nitrogen and oxygen atoms in total. The zero-order valence-corrected chi connectivity index (χ0v) is 18.6. The predicted molar refractivity (Wildman–Crippen MR) is 120 cm³/mol. The molecule has 2 amide bonds. The minimum Gasteiger partial charge on any atom is -0.408 e. The second kappa shape index (κ2) is 7.82. The fourth-order valence-corrected chi connectivity index (χ4v) is 4.54. The van der Waals surface area contributed by atoms with Gasteiger partial charge in [-0.05, 0) is 36.4 Å². The Balaban J connectivity index is 1.63. The molecular weight excluding hydrogens is 524 g/mol. The Kier molecular flexibility index (Phi) is 5.06. The maximum atomic E-state index is 14.0. The van der Waals surface area contributed by atoms with E-state index in [1.54, 1.807) is 12.1 Å². The highest BCUT2D eigenvalue weighted by molar-refractivity contribution is 9.10. The van der Waals surface area contributed by atoms with Crippen molar-refractivity contribution in [2.45, 2.75) is 6.04 Å². The fraction of sp³-hybridized carbons (Fsp3) is 0.0455. The van der Waals surface area contributed by atoms with Crippen LogP contribution in [-0.4, -0.2) is 16.8 Å². The molecule has 3 N–H and O–H groups in total. The second-order valence-electron chi connectivity index (χ2n) is 7.28. The van der Waals surface area contributed by atoms with Crippen molar-refractivity contribution < 1.29 is 22.8 Å². The molecule has 0 bridgehead atoms. The van der Waals surface area contributed by atoms with Gasteiger partial charge in [0, 0.05) is 37.9 Å². The van der Waals surface area contributed by atoms with E-state index in [0.717, 1.165) is 12.1 Å². The molecule has 0 spiro atoms. The quantitative estimate of drug-likeness (QED) is 0.348. The number of hydrogen-bond acceptors (Lipinski definition) is 4. The zero-order valence-electron chi connectivity index (χ0n) is 16.3. The summed E-state index contributed by atoms with van der Waals surface area (Å²) in [5.41, 5.74) is 0.825. The van der Waals surface area contributed by atoms with Gasteiger partial charge in [0.25, 0.3) is 11.8 Å². The van der Waals surface area contributed by atoms with Crippen LogP contribution in [0.5, 0.6) is 0 Å². The number of aromatic amines is 1. The molecule has 11 heteroatoms. The summed E-state index contributed by atoms with van der Waals surface area (Å²) in [4.78, 5) is 39.7. The number of fused-ring (bicyclic) bond motifs is 2. The van der Waals surface area contributed by atoms with Gasteiger partial charge >= 0.3 is 5.76 Å². The molecule has 2 heterocycles. The average Bonchev–Trinajstić information content (AvgIpc) is 3.28. The largest absolute Gasteiger partial charge is 0.417 e. The Bertz CT molecular complexity index is 1550. The second-order valence-corrected chi connectivity index (χ2v) is 8.60. The number of carbonyl (C=O) groups is 2. The first-order valence-corrected chi connectivity index (χ1v) is 10.6. The predicted octanol–water partition coefficient (Wildman–Crippen LogP) is 4.90. The van der Waals surface area contributed by atoms with Crippen molar-refractivity contribution in [3.05, 3.63) is 96.4 Å². The van der Waals surface area contributed by atoms with Crippen LogP contribution in [0.25, 0.3) is 11.1 Å². The lowest BCUT2D eigenvalue weighted by Crippen LogP contribution is -2.21. The maximum absolute atomic E-state index is 14.0. The Hall–Kier alpha value is -3.50. The van der Waals surface area contributed by atoms with Crippen molar-refractivity contribution in [2.24, 2.45) is 0 Å². The summed E-state index contributed by atoms with van der Waals surface area (Å²) in [5.74, 6) is -3.38. The van der Waals surface area contributed by atoms with E-state index < -0.39 is 35.2 Å². The number of oxazole rings is 1. The topological polar surface area (TPSA) is 104 Å². The van der Waals surface area contributed by atoms with Crippen LogP contribution in [0.2, 0.25) is 5.02 Å². The van der Waals surface area contributed by atoms with E-state index in [0.29, 0.717) is 15.6 Å². The minimum absolute atomic E-state index is 0.0180. The Labute approximate surface area is 196 Å². The Morgan fingerprint density at radius 3 is 2.67 bits per heavy atom. The molecule has 1 atom stereocenters. The van der Waals surface area contributed by atoms with Gasteiger partial charge in [-0.1, -0.05) is 27.5 Å². The Morgan fingerprint density at radius 2 is 1.88 bits per heavy atom. The average molecular weight is 535 g/mol. The number of benzene rings is 3. The van der Waals surface area contributed by atoms with Gasteiger partial charge in [-0.25, -0.2) is 13.6 Å². The van der Waals surface area contributed by atoms with Crippen LogP contribution < -0.4 is 16.4 Å². The molecule has 4 aromatic rings. The summed E-state index contributed by atoms with van der Waals surface area (Å²) in [6, 6.07) is 7.94. The van der Waals surface area contributed by atoms with Gasteiger partial charge in [0.05, 0.1) is 11.6 Å². The summed E-state index contributed by atoms with van der Waals surface area (Å²) in [7, 11) is 0. The number of nitrogens with one attached hydrogen (secondary N) is 3. The van der Waals surface area contributed by atoms with Crippen LogP contribution in [0.15, 0.2) is 56.1 Å². The molecule has 0 saturated carbocycles. The highest BCUT2D eigenvalue weighted by Crippen LogP contribution is 2.41.